The van der Waals surface area contributed by atoms with Crippen LogP contribution >= 0.6 is 0 Å². The number of hydrogen-bond acceptors (Lipinski definition) is 2. The Balaban J connectivity index is 1.62. The maximum atomic E-state index is 13.0. The first-order chi connectivity index (χ1) is 13.6. The van der Waals surface area contributed by atoms with Crippen LogP contribution in [0.3, 0.4) is 0 Å². The molecule has 1 aliphatic heterocycles. The Bertz CT molecular complexity index is 981. The monoisotopic (exact) mass is 370 g/mol. The number of likely N-dealkylation sites (tertiary alicyclic amines) is 1. The van der Waals surface area contributed by atoms with Crippen LogP contribution in [0.25, 0.3) is 0 Å². The first-order valence-electron chi connectivity index (χ1n) is 10.00. The number of aromatic nitrogens is 1. The van der Waals surface area contributed by atoms with Crippen molar-refractivity contribution in [2.75, 3.05) is 6.54 Å². The van der Waals surface area contributed by atoms with E-state index in [4.69, 9.17) is 4.98 Å². The highest BCUT2D eigenvalue weighted by atomic mass is 16.2. The number of pyridine rings is 1. The van der Waals surface area contributed by atoms with Gasteiger partial charge in [0, 0.05) is 17.8 Å². The standard InChI is InChI=1S/C25H26N2O/c1-18-9-6-7-12-22(18)16-20-15-19(2)26-23(17-20)24-13-8-14-27(24)25(28)21-10-4-3-5-11-21/h3-7,9-12,15,17,24H,8,13-14,16H2,1-2H3/t24-/m0/s1. The molecule has 0 radical (unpaired) electrons. The van der Waals surface area contributed by atoms with Crippen LogP contribution in [0.2, 0.25) is 0 Å². The lowest BCUT2D eigenvalue weighted by molar-refractivity contribution is 0.0732. The van der Waals surface area contributed by atoms with Crippen LogP contribution in [-0.4, -0.2) is 22.3 Å². The molecule has 3 nitrogen and oxygen atoms in total. The third-order valence-corrected chi connectivity index (χ3v) is 5.56. The lowest BCUT2D eigenvalue weighted by atomic mass is 9.98. The predicted molar refractivity (Wildman–Crippen MR) is 112 cm³/mol. The quantitative estimate of drug-likeness (QED) is 0.627. The van der Waals surface area contributed by atoms with E-state index in [0.717, 1.165) is 42.8 Å². The summed E-state index contributed by atoms with van der Waals surface area (Å²) in [7, 11) is 0. The normalized spacial score (nSPS) is 16.4. The Morgan fingerprint density at radius 2 is 1.79 bits per heavy atom. The molecule has 2 aromatic carbocycles. The Hall–Kier alpha value is -2.94. The van der Waals surface area contributed by atoms with Crippen molar-refractivity contribution in [3.8, 4) is 0 Å². The van der Waals surface area contributed by atoms with Gasteiger partial charge in [0.05, 0.1) is 11.7 Å². The zero-order valence-electron chi connectivity index (χ0n) is 16.6. The van der Waals surface area contributed by atoms with E-state index in [0.29, 0.717) is 0 Å². The van der Waals surface area contributed by atoms with Crippen LogP contribution in [0.1, 0.15) is 57.3 Å². The average molecular weight is 370 g/mol. The summed E-state index contributed by atoms with van der Waals surface area (Å²) < 4.78 is 0. The van der Waals surface area contributed by atoms with E-state index in [1.165, 1.54) is 16.7 Å². The highest BCUT2D eigenvalue weighted by molar-refractivity contribution is 5.94. The molecule has 28 heavy (non-hydrogen) atoms. The van der Waals surface area contributed by atoms with Gasteiger partial charge >= 0.3 is 0 Å². The number of carbonyl (C=O) groups excluding carboxylic acids is 1. The number of carbonyl (C=O) groups is 1. The third-order valence-electron chi connectivity index (χ3n) is 5.56. The molecule has 1 saturated heterocycles. The van der Waals surface area contributed by atoms with Gasteiger partial charge in [-0.2, -0.15) is 0 Å². The zero-order valence-corrected chi connectivity index (χ0v) is 16.6. The molecular weight excluding hydrogens is 344 g/mol. The van der Waals surface area contributed by atoms with Crippen molar-refractivity contribution in [1.82, 2.24) is 9.88 Å². The molecule has 0 aliphatic carbocycles. The van der Waals surface area contributed by atoms with Gasteiger partial charge in [-0.1, -0.05) is 42.5 Å². The van der Waals surface area contributed by atoms with Gasteiger partial charge in [0.2, 0.25) is 0 Å². The molecule has 2 heterocycles. The van der Waals surface area contributed by atoms with Crippen molar-refractivity contribution >= 4 is 5.91 Å². The molecule has 0 spiro atoms. The van der Waals surface area contributed by atoms with Gasteiger partial charge in [-0.3, -0.25) is 9.78 Å². The van der Waals surface area contributed by atoms with Crippen molar-refractivity contribution in [2.24, 2.45) is 0 Å². The van der Waals surface area contributed by atoms with Gasteiger partial charge in [0.15, 0.2) is 0 Å². The topological polar surface area (TPSA) is 33.2 Å². The summed E-state index contributed by atoms with van der Waals surface area (Å²) in [6.45, 7) is 4.99. The summed E-state index contributed by atoms with van der Waals surface area (Å²) >= 11 is 0. The van der Waals surface area contributed by atoms with Gasteiger partial charge < -0.3 is 4.90 Å². The number of benzene rings is 2. The number of hydrogen-bond donors (Lipinski definition) is 0. The van der Waals surface area contributed by atoms with Crippen molar-refractivity contribution < 1.29 is 4.79 Å². The summed E-state index contributed by atoms with van der Waals surface area (Å²) in [5, 5.41) is 0. The summed E-state index contributed by atoms with van der Waals surface area (Å²) in [6.07, 6.45) is 2.88. The molecule has 1 aliphatic rings. The number of amides is 1. The summed E-state index contributed by atoms with van der Waals surface area (Å²) in [4.78, 5) is 19.8. The van der Waals surface area contributed by atoms with Crippen LogP contribution in [0.5, 0.6) is 0 Å². The SMILES string of the molecule is Cc1cc(Cc2ccccc2C)cc([C@@H]2CCCN2C(=O)c2ccccc2)n1. The maximum Gasteiger partial charge on any atom is 0.254 e. The van der Waals surface area contributed by atoms with Crippen molar-refractivity contribution in [2.45, 2.75) is 39.2 Å². The number of rotatable bonds is 4. The molecule has 142 valence electrons. The first-order valence-corrected chi connectivity index (χ1v) is 10.00. The molecule has 3 heteroatoms. The van der Waals surface area contributed by atoms with E-state index >= 15 is 0 Å². The van der Waals surface area contributed by atoms with Crippen molar-refractivity contribution in [3.63, 3.8) is 0 Å². The van der Waals surface area contributed by atoms with Gasteiger partial charge in [0.25, 0.3) is 5.91 Å². The first kappa shape index (κ1) is 18.4. The fraction of sp³-hybridized carbons (Fsp3) is 0.280. The highest BCUT2D eigenvalue weighted by Gasteiger charge is 2.31. The predicted octanol–water partition coefficient (Wildman–Crippen LogP) is 5.27. The number of nitrogens with zero attached hydrogens (tertiary/aromatic N) is 2. The molecule has 3 aromatic rings. The van der Waals surface area contributed by atoms with Gasteiger partial charge in [-0.05, 0) is 74.1 Å². The zero-order chi connectivity index (χ0) is 19.5. The Morgan fingerprint density at radius 1 is 1.04 bits per heavy atom. The second-order valence-corrected chi connectivity index (χ2v) is 7.67. The fourth-order valence-electron chi connectivity index (χ4n) is 4.13. The Labute approximate surface area is 167 Å². The van der Waals surface area contributed by atoms with Crippen molar-refractivity contribution in [1.29, 1.82) is 0 Å². The number of aryl methyl sites for hydroxylation is 2. The van der Waals surface area contributed by atoms with Crippen LogP contribution in [0.15, 0.2) is 66.7 Å². The second-order valence-electron chi connectivity index (χ2n) is 7.67. The molecule has 0 N–H and O–H groups in total. The van der Waals surface area contributed by atoms with E-state index < -0.39 is 0 Å². The van der Waals surface area contributed by atoms with E-state index in [1.807, 2.05) is 42.2 Å². The largest absolute Gasteiger partial charge is 0.330 e. The minimum absolute atomic E-state index is 0.0585. The van der Waals surface area contributed by atoms with Crippen LogP contribution in [0, 0.1) is 13.8 Å². The third kappa shape index (κ3) is 3.84. The molecule has 0 unspecified atom stereocenters. The lowest BCUT2D eigenvalue weighted by Crippen LogP contribution is -2.31. The van der Waals surface area contributed by atoms with E-state index in [-0.39, 0.29) is 11.9 Å². The molecule has 1 amide bonds. The van der Waals surface area contributed by atoms with Gasteiger partial charge in [-0.25, -0.2) is 0 Å². The van der Waals surface area contributed by atoms with Crippen LogP contribution < -0.4 is 0 Å². The fourth-order valence-corrected chi connectivity index (χ4v) is 4.13. The van der Waals surface area contributed by atoms with E-state index in [9.17, 15) is 4.79 Å². The second kappa shape index (κ2) is 7.97. The molecule has 0 bridgehead atoms. The summed E-state index contributed by atoms with van der Waals surface area (Å²) in [5.74, 6) is 0.104. The molecule has 1 fully saturated rings. The van der Waals surface area contributed by atoms with Gasteiger partial charge in [-0.15, -0.1) is 0 Å². The molecule has 0 saturated carbocycles. The average Bonchev–Trinajstić information content (AvgIpc) is 3.19. The molecular formula is C25H26N2O. The van der Waals surface area contributed by atoms with E-state index in [1.54, 1.807) is 0 Å². The minimum Gasteiger partial charge on any atom is -0.330 e. The van der Waals surface area contributed by atoms with Crippen LogP contribution in [0.4, 0.5) is 0 Å². The Morgan fingerprint density at radius 3 is 2.57 bits per heavy atom. The van der Waals surface area contributed by atoms with Crippen molar-refractivity contribution in [3.05, 3.63) is 100 Å². The van der Waals surface area contributed by atoms with E-state index in [2.05, 4.69) is 43.3 Å². The highest BCUT2D eigenvalue weighted by Crippen LogP contribution is 2.33. The summed E-state index contributed by atoms with van der Waals surface area (Å²) in [5.41, 5.74) is 6.69. The molecule has 4 rings (SSSR count). The summed E-state index contributed by atoms with van der Waals surface area (Å²) in [6, 6.07) is 22.5. The molecule has 1 atom stereocenters. The van der Waals surface area contributed by atoms with Gasteiger partial charge in [0.1, 0.15) is 0 Å². The Kier molecular flexibility index (Phi) is 5.25. The molecule has 1 aromatic heterocycles. The minimum atomic E-state index is 0.0585. The smallest absolute Gasteiger partial charge is 0.254 e. The van der Waals surface area contributed by atoms with Crippen LogP contribution in [-0.2, 0) is 6.42 Å². The lowest BCUT2D eigenvalue weighted by Gasteiger charge is -2.25. The maximum absolute atomic E-state index is 13.0.